The largest absolute Gasteiger partial charge is 0.340 e. The van der Waals surface area contributed by atoms with E-state index in [2.05, 4.69) is 0 Å². The molecule has 0 radical (unpaired) electrons. The zero-order valence-corrected chi connectivity index (χ0v) is 13.6. The Hall–Kier alpha value is -2.33. The van der Waals surface area contributed by atoms with E-state index in [-0.39, 0.29) is 18.3 Å². The molecular weight excluding hydrogens is 315 g/mol. The second-order valence-corrected chi connectivity index (χ2v) is 5.98. The molecule has 1 heterocycles. The Kier molecular flexibility index (Phi) is 4.09. The first kappa shape index (κ1) is 15.6. The van der Waals surface area contributed by atoms with Gasteiger partial charge >= 0.3 is 0 Å². The van der Waals surface area contributed by atoms with Crippen LogP contribution in [0, 0.1) is 5.82 Å². The minimum absolute atomic E-state index is 0.164. The first-order valence-electron chi connectivity index (χ1n) is 7.21. The van der Waals surface area contributed by atoms with Gasteiger partial charge in [0.15, 0.2) is 0 Å². The second-order valence-electron chi connectivity index (χ2n) is 5.54. The molecule has 23 heavy (non-hydrogen) atoms. The van der Waals surface area contributed by atoms with E-state index in [1.54, 1.807) is 35.9 Å². The Balaban J connectivity index is 1.91. The van der Waals surface area contributed by atoms with Gasteiger partial charge in [-0.1, -0.05) is 35.9 Å². The lowest BCUT2D eigenvalue weighted by Gasteiger charge is -2.18. The SMILES string of the molecule is CN(Cc1ccccc1F)C(=O)c1cc2ccc(Cl)cc2n1C. The monoisotopic (exact) mass is 330 g/mol. The molecule has 0 fully saturated rings. The normalized spacial score (nSPS) is 11.0. The number of benzene rings is 2. The van der Waals surface area contributed by atoms with E-state index >= 15 is 0 Å². The highest BCUT2D eigenvalue weighted by molar-refractivity contribution is 6.31. The number of halogens is 2. The van der Waals surface area contributed by atoms with Crippen molar-refractivity contribution in [1.29, 1.82) is 0 Å². The summed E-state index contributed by atoms with van der Waals surface area (Å²) in [6, 6.07) is 13.8. The third-order valence-electron chi connectivity index (χ3n) is 3.94. The number of rotatable bonds is 3. The molecule has 0 spiro atoms. The lowest BCUT2D eigenvalue weighted by atomic mass is 10.2. The molecule has 0 saturated carbocycles. The summed E-state index contributed by atoms with van der Waals surface area (Å²) in [5.41, 5.74) is 1.92. The van der Waals surface area contributed by atoms with Gasteiger partial charge < -0.3 is 9.47 Å². The molecule has 3 rings (SSSR count). The van der Waals surface area contributed by atoms with E-state index < -0.39 is 0 Å². The average molecular weight is 331 g/mol. The zero-order valence-electron chi connectivity index (χ0n) is 12.9. The molecule has 5 heteroatoms. The maximum absolute atomic E-state index is 13.7. The highest BCUT2D eigenvalue weighted by atomic mass is 35.5. The molecule has 1 amide bonds. The predicted molar refractivity (Wildman–Crippen MR) is 90.1 cm³/mol. The molecule has 0 unspecified atom stereocenters. The van der Waals surface area contributed by atoms with Crippen molar-refractivity contribution in [3.8, 4) is 0 Å². The van der Waals surface area contributed by atoms with Gasteiger partial charge in [-0.3, -0.25) is 4.79 Å². The van der Waals surface area contributed by atoms with Crippen LogP contribution in [0.4, 0.5) is 4.39 Å². The van der Waals surface area contributed by atoms with E-state index in [1.807, 2.05) is 25.2 Å². The van der Waals surface area contributed by atoms with Crippen LogP contribution in [-0.4, -0.2) is 22.4 Å². The third-order valence-corrected chi connectivity index (χ3v) is 4.17. The molecule has 0 bridgehead atoms. The Morgan fingerprint density at radius 1 is 1.22 bits per heavy atom. The maximum Gasteiger partial charge on any atom is 0.270 e. The highest BCUT2D eigenvalue weighted by Gasteiger charge is 2.18. The molecular formula is C18H16ClFN2O. The molecule has 3 nitrogen and oxygen atoms in total. The van der Waals surface area contributed by atoms with Gasteiger partial charge in [-0.15, -0.1) is 0 Å². The second kappa shape index (κ2) is 6.05. The van der Waals surface area contributed by atoms with Crippen LogP contribution in [0.2, 0.25) is 5.02 Å². The van der Waals surface area contributed by atoms with Crippen molar-refractivity contribution in [3.05, 3.63) is 70.6 Å². The lowest BCUT2D eigenvalue weighted by Crippen LogP contribution is -2.28. The van der Waals surface area contributed by atoms with Crippen LogP contribution < -0.4 is 0 Å². The van der Waals surface area contributed by atoms with Gasteiger partial charge in [-0.25, -0.2) is 4.39 Å². The Bertz CT molecular complexity index is 888. The third kappa shape index (κ3) is 2.94. The molecule has 0 aliphatic rings. The zero-order chi connectivity index (χ0) is 16.6. The van der Waals surface area contributed by atoms with Gasteiger partial charge in [0.1, 0.15) is 11.5 Å². The number of carbonyl (C=O) groups excluding carboxylic acids is 1. The standard InChI is InChI=1S/C18H16ClFN2O/c1-21(11-13-5-3-4-6-15(13)20)18(23)17-9-12-7-8-14(19)10-16(12)22(17)2/h3-10H,11H2,1-2H3. The van der Waals surface area contributed by atoms with Crippen LogP contribution in [0.25, 0.3) is 10.9 Å². The fourth-order valence-corrected chi connectivity index (χ4v) is 2.82. The first-order valence-corrected chi connectivity index (χ1v) is 7.59. The van der Waals surface area contributed by atoms with E-state index in [1.165, 1.54) is 11.0 Å². The smallest absolute Gasteiger partial charge is 0.270 e. The van der Waals surface area contributed by atoms with Gasteiger partial charge in [0.25, 0.3) is 5.91 Å². The van der Waals surface area contributed by atoms with Crippen molar-refractivity contribution in [2.75, 3.05) is 7.05 Å². The molecule has 0 saturated heterocycles. The summed E-state index contributed by atoms with van der Waals surface area (Å²) in [7, 11) is 3.49. The summed E-state index contributed by atoms with van der Waals surface area (Å²) in [6.07, 6.45) is 0. The number of hydrogen-bond donors (Lipinski definition) is 0. The molecule has 0 aliphatic heterocycles. The van der Waals surface area contributed by atoms with E-state index in [9.17, 15) is 9.18 Å². The van der Waals surface area contributed by atoms with Crippen LogP contribution in [0.5, 0.6) is 0 Å². The van der Waals surface area contributed by atoms with Crippen LogP contribution in [0.1, 0.15) is 16.1 Å². The van der Waals surface area contributed by atoms with Gasteiger partial charge in [0, 0.05) is 42.1 Å². The van der Waals surface area contributed by atoms with Crippen LogP contribution in [-0.2, 0) is 13.6 Å². The number of fused-ring (bicyclic) bond motifs is 1. The minimum atomic E-state index is -0.309. The van der Waals surface area contributed by atoms with E-state index in [0.29, 0.717) is 16.3 Å². The Morgan fingerprint density at radius 2 is 1.96 bits per heavy atom. The summed E-state index contributed by atoms with van der Waals surface area (Å²) in [5.74, 6) is -0.473. The van der Waals surface area contributed by atoms with Crippen LogP contribution in [0.3, 0.4) is 0 Å². The Labute approximate surface area is 138 Å². The summed E-state index contributed by atoms with van der Waals surface area (Å²) in [5, 5.41) is 1.57. The molecule has 0 N–H and O–H groups in total. The quantitative estimate of drug-likeness (QED) is 0.705. The number of aryl methyl sites for hydroxylation is 1. The molecule has 2 aromatic carbocycles. The fourth-order valence-electron chi connectivity index (χ4n) is 2.66. The van der Waals surface area contributed by atoms with E-state index in [4.69, 9.17) is 11.6 Å². The van der Waals surface area contributed by atoms with Crippen molar-refractivity contribution >= 4 is 28.4 Å². The summed E-state index contributed by atoms with van der Waals surface area (Å²) < 4.78 is 15.6. The molecule has 3 aromatic rings. The summed E-state index contributed by atoms with van der Waals surface area (Å²) >= 11 is 6.02. The first-order chi connectivity index (χ1) is 11.0. The van der Waals surface area contributed by atoms with Crippen LogP contribution in [0.15, 0.2) is 48.5 Å². The lowest BCUT2D eigenvalue weighted by molar-refractivity contribution is 0.0775. The van der Waals surface area contributed by atoms with Crippen molar-refractivity contribution in [3.63, 3.8) is 0 Å². The minimum Gasteiger partial charge on any atom is -0.340 e. The average Bonchev–Trinajstić information content (AvgIpc) is 2.85. The number of carbonyl (C=O) groups is 1. The predicted octanol–water partition coefficient (Wildman–Crippen LogP) is 4.24. The molecule has 0 aliphatic carbocycles. The van der Waals surface area contributed by atoms with Gasteiger partial charge in [-0.05, 0) is 24.3 Å². The topological polar surface area (TPSA) is 25.2 Å². The number of hydrogen-bond acceptors (Lipinski definition) is 1. The van der Waals surface area contributed by atoms with Crippen molar-refractivity contribution in [1.82, 2.24) is 9.47 Å². The number of amides is 1. The molecule has 0 atom stereocenters. The van der Waals surface area contributed by atoms with Gasteiger partial charge in [-0.2, -0.15) is 0 Å². The molecule has 118 valence electrons. The number of nitrogens with zero attached hydrogens (tertiary/aromatic N) is 2. The van der Waals surface area contributed by atoms with Crippen molar-refractivity contribution in [2.24, 2.45) is 7.05 Å². The summed E-state index contributed by atoms with van der Waals surface area (Å²) in [4.78, 5) is 14.2. The van der Waals surface area contributed by atoms with Gasteiger partial charge in [0.05, 0.1) is 0 Å². The van der Waals surface area contributed by atoms with Crippen LogP contribution >= 0.6 is 11.6 Å². The van der Waals surface area contributed by atoms with Crippen molar-refractivity contribution in [2.45, 2.75) is 6.54 Å². The number of aromatic nitrogens is 1. The fraction of sp³-hybridized carbons (Fsp3) is 0.167. The Morgan fingerprint density at radius 3 is 2.70 bits per heavy atom. The van der Waals surface area contributed by atoms with E-state index in [0.717, 1.165) is 10.9 Å². The van der Waals surface area contributed by atoms with Gasteiger partial charge in [0.2, 0.25) is 0 Å². The molecule has 1 aromatic heterocycles. The maximum atomic E-state index is 13.7. The summed E-state index contributed by atoms with van der Waals surface area (Å²) in [6.45, 7) is 0.216. The highest BCUT2D eigenvalue weighted by Crippen LogP contribution is 2.23. The van der Waals surface area contributed by atoms with Crippen molar-refractivity contribution < 1.29 is 9.18 Å².